The molecule has 0 fully saturated rings. The SMILES string of the molecule is CCCOC(CC)(OCCC)[O][Zr][C]1=C([Si](F)(F)F)C=CC1. The Balaban J connectivity index is 2.77. The molecular formula is C14H23F3O3SiZr. The molecule has 0 bridgehead atoms. The van der Waals surface area contributed by atoms with Gasteiger partial charge in [0.25, 0.3) is 0 Å². The number of hydrogen-bond donors (Lipinski definition) is 0. The molecule has 0 aliphatic heterocycles. The van der Waals surface area contributed by atoms with Crippen molar-refractivity contribution in [2.24, 2.45) is 0 Å². The van der Waals surface area contributed by atoms with Crippen LogP contribution in [0.1, 0.15) is 46.5 Å². The Bertz CT molecular complexity index is 403. The van der Waals surface area contributed by atoms with Crippen molar-refractivity contribution < 1.29 is 48.3 Å². The molecule has 0 spiro atoms. The van der Waals surface area contributed by atoms with E-state index in [1.54, 1.807) is 6.08 Å². The van der Waals surface area contributed by atoms with Gasteiger partial charge in [0.2, 0.25) is 0 Å². The first kappa shape index (κ1) is 20.3. The fourth-order valence-electron chi connectivity index (χ4n) is 1.90. The van der Waals surface area contributed by atoms with Crippen LogP contribution < -0.4 is 0 Å². The minimum atomic E-state index is -5.77. The van der Waals surface area contributed by atoms with Crippen LogP contribution in [0.3, 0.4) is 0 Å². The summed E-state index contributed by atoms with van der Waals surface area (Å²) in [6, 6.07) is 0. The maximum atomic E-state index is 13.1. The van der Waals surface area contributed by atoms with Crippen molar-refractivity contribution >= 4 is 9.08 Å². The Kier molecular flexibility index (Phi) is 8.78. The van der Waals surface area contributed by atoms with E-state index in [-0.39, 0.29) is 0 Å². The van der Waals surface area contributed by atoms with Gasteiger partial charge in [0.15, 0.2) is 0 Å². The molecule has 126 valence electrons. The molecule has 1 aliphatic rings. The summed E-state index contributed by atoms with van der Waals surface area (Å²) in [6.07, 6.45) is 5.21. The Morgan fingerprint density at radius 2 is 1.73 bits per heavy atom. The molecule has 0 unspecified atom stereocenters. The van der Waals surface area contributed by atoms with Crippen LogP contribution in [-0.4, -0.2) is 28.3 Å². The topological polar surface area (TPSA) is 27.7 Å². The average Bonchev–Trinajstić information content (AvgIpc) is 2.96. The van der Waals surface area contributed by atoms with Gasteiger partial charge in [0.1, 0.15) is 0 Å². The van der Waals surface area contributed by atoms with Gasteiger partial charge in [0.05, 0.1) is 0 Å². The molecule has 0 saturated carbocycles. The van der Waals surface area contributed by atoms with E-state index in [0.29, 0.717) is 29.3 Å². The first-order valence-corrected chi connectivity index (χ1v) is 11.4. The standard InChI is InChI=1S/C9H19O3.C5H4F3Si.Zr/c1-4-7-11-9(10,6-3)12-8-5-2;6-9(7,8)5-3-1-2-4-5;/h4-8H2,1-3H3;1,3H,2H2;/q-1;;+1. The zero-order valence-corrected chi connectivity index (χ0v) is 16.7. The minimum absolute atomic E-state index is 0.357. The van der Waals surface area contributed by atoms with E-state index in [1.807, 2.05) is 20.8 Å². The van der Waals surface area contributed by atoms with Crippen molar-refractivity contribution in [3.8, 4) is 0 Å². The normalized spacial score (nSPS) is 15.7. The van der Waals surface area contributed by atoms with Gasteiger partial charge in [0, 0.05) is 0 Å². The second kappa shape index (κ2) is 9.52. The number of halogens is 3. The molecule has 1 aliphatic carbocycles. The molecule has 0 saturated heterocycles. The van der Waals surface area contributed by atoms with Crippen molar-refractivity contribution in [3.05, 3.63) is 20.6 Å². The van der Waals surface area contributed by atoms with Crippen molar-refractivity contribution in [1.82, 2.24) is 0 Å². The summed E-state index contributed by atoms with van der Waals surface area (Å²) in [4.78, 5) is 0. The fourth-order valence-corrected chi connectivity index (χ4v) is 6.30. The van der Waals surface area contributed by atoms with E-state index < -0.39 is 43.9 Å². The van der Waals surface area contributed by atoms with E-state index in [0.717, 1.165) is 12.8 Å². The van der Waals surface area contributed by atoms with Gasteiger partial charge in [-0.2, -0.15) is 0 Å². The van der Waals surface area contributed by atoms with Gasteiger partial charge in [-0.3, -0.25) is 0 Å². The summed E-state index contributed by atoms with van der Waals surface area (Å²) < 4.78 is 56.8. The third kappa shape index (κ3) is 6.04. The maximum absolute atomic E-state index is 13.1. The quantitative estimate of drug-likeness (QED) is 0.282. The Morgan fingerprint density at radius 1 is 1.14 bits per heavy atom. The average molecular weight is 416 g/mol. The van der Waals surface area contributed by atoms with Crippen LogP contribution in [0, 0.1) is 0 Å². The number of hydrogen-bond acceptors (Lipinski definition) is 3. The number of allylic oxidation sites excluding steroid dienone is 4. The third-order valence-electron chi connectivity index (χ3n) is 3.05. The van der Waals surface area contributed by atoms with Crippen LogP contribution in [0.2, 0.25) is 0 Å². The summed E-state index contributed by atoms with van der Waals surface area (Å²) in [5.41, 5.74) is 0. The van der Waals surface area contributed by atoms with Gasteiger partial charge < -0.3 is 0 Å². The third-order valence-corrected chi connectivity index (χ3v) is 7.53. The first-order valence-electron chi connectivity index (χ1n) is 7.57. The summed E-state index contributed by atoms with van der Waals surface area (Å²) in [6.45, 7) is 6.74. The molecule has 0 atom stereocenters. The number of rotatable bonds is 11. The van der Waals surface area contributed by atoms with E-state index in [4.69, 9.17) is 12.3 Å². The predicted molar refractivity (Wildman–Crippen MR) is 76.5 cm³/mol. The molecule has 0 aromatic carbocycles. The molecule has 0 aromatic heterocycles. The van der Waals surface area contributed by atoms with Crippen molar-refractivity contribution in [3.63, 3.8) is 0 Å². The molecule has 1 rings (SSSR count). The molecule has 22 heavy (non-hydrogen) atoms. The zero-order chi connectivity index (χ0) is 16.6. The second-order valence-electron chi connectivity index (χ2n) is 4.93. The fraction of sp³-hybridized carbons (Fsp3) is 0.714. The van der Waals surface area contributed by atoms with Crippen LogP contribution >= 0.6 is 0 Å². The molecule has 3 nitrogen and oxygen atoms in total. The molecule has 8 heteroatoms. The monoisotopic (exact) mass is 414 g/mol. The number of ether oxygens (including phenoxy) is 2. The summed E-state index contributed by atoms with van der Waals surface area (Å²) in [7, 11) is -5.77. The van der Waals surface area contributed by atoms with E-state index in [2.05, 4.69) is 0 Å². The molecule has 0 radical (unpaired) electrons. The summed E-state index contributed by atoms with van der Waals surface area (Å²) in [5.74, 6) is -1.17. The van der Waals surface area contributed by atoms with Crippen LogP contribution in [0.5, 0.6) is 0 Å². The molecule has 0 aromatic rings. The molecular weight excluding hydrogens is 392 g/mol. The van der Waals surface area contributed by atoms with Gasteiger partial charge in [-0.15, -0.1) is 0 Å². The van der Waals surface area contributed by atoms with Crippen LogP contribution in [0.25, 0.3) is 0 Å². The van der Waals surface area contributed by atoms with Crippen LogP contribution in [-0.2, 0) is 36.0 Å². The summed E-state index contributed by atoms with van der Waals surface area (Å²) in [5, 5.41) is -0.407. The van der Waals surface area contributed by atoms with Crippen LogP contribution in [0.4, 0.5) is 12.3 Å². The van der Waals surface area contributed by atoms with E-state index >= 15 is 0 Å². The van der Waals surface area contributed by atoms with E-state index in [1.165, 1.54) is 6.08 Å². The van der Waals surface area contributed by atoms with Crippen molar-refractivity contribution in [2.75, 3.05) is 13.2 Å². The van der Waals surface area contributed by atoms with Gasteiger partial charge in [-0.05, 0) is 0 Å². The zero-order valence-electron chi connectivity index (χ0n) is 13.3. The Labute approximate surface area is 143 Å². The van der Waals surface area contributed by atoms with Gasteiger partial charge in [-0.1, -0.05) is 0 Å². The van der Waals surface area contributed by atoms with Crippen molar-refractivity contribution in [2.45, 2.75) is 52.4 Å². The predicted octanol–water partition coefficient (Wildman–Crippen LogP) is 4.52. The first-order chi connectivity index (χ1) is 10.4. The van der Waals surface area contributed by atoms with E-state index in [9.17, 15) is 12.3 Å². The van der Waals surface area contributed by atoms with Crippen molar-refractivity contribution in [1.29, 1.82) is 0 Å². The molecule has 0 heterocycles. The van der Waals surface area contributed by atoms with Gasteiger partial charge in [-0.25, -0.2) is 0 Å². The van der Waals surface area contributed by atoms with Gasteiger partial charge >= 0.3 is 144 Å². The second-order valence-corrected chi connectivity index (χ2v) is 8.96. The Morgan fingerprint density at radius 3 is 2.18 bits per heavy atom. The Hall–Kier alpha value is 0.250. The molecule has 0 amide bonds. The molecule has 0 N–H and O–H groups in total. The van der Waals surface area contributed by atoms with Crippen LogP contribution in [0.15, 0.2) is 20.6 Å². The summed E-state index contributed by atoms with van der Waals surface area (Å²) >= 11 is -1.85.